The molecule has 4 aliphatic rings. The van der Waals surface area contributed by atoms with Gasteiger partial charge in [-0.25, -0.2) is 9.97 Å². The molecule has 446 valence electrons. The summed E-state index contributed by atoms with van der Waals surface area (Å²) in [4.78, 5) is 32.9. The van der Waals surface area contributed by atoms with E-state index in [2.05, 4.69) is 249 Å². The summed E-state index contributed by atoms with van der Waals surface area (Å²) < 4.78 is 15.7. The first kappa shape index (κ1) is 62.9. The molecule has 2 aliphatic heterocycles. The molecule has 3 fully saturated rings. The number of hydrogen-bond acceptors (Lipinski definition) is 12. The van der Waals surface area contributed by atoms with Gasteiger partial charge in [-0.1, -0.05) is 163 Å². The van der Waals surface area contributed by atoms with Crippen molar-refractivity contribution in [2.24, 2.45) is 28.6 Å². The molecule has 4 aromatic heterocycles. The number of nitrogens with two attached hydrogens (primary N) is 2. The van der Waals surface area contributed by atoms with E-state index < -0.39 is 33.6 Å². The van der Waals surface area contributed by atoms with Crippen LogP contribution >= 0.6 is 0 Å². The van der Waals surface area contributed by atoms with E-state index in [1.165, 1.54) is 22.3 Å². The zero-order valence-corrected chi connectivity index (χ0v) is 52.4. The number of nitrogens with one attached hydrogen (secondary N) is 2. The lowest BCUT2D eigenvalue weighted by Gasteiger charge is -2.44. The fraction of sp³-hybridized carbons (Fsp3) is 0.403. The summed E-state index contributed by atoms with van der Waals surface area (Å²) in [6.07, 6.45) is 11.5. The van der Waals surface area contributed by atoms with E-state index in [0.717, 1.165) is 102 Å². The molecule has 1 saturated heterocycles. The molecule has 0 bridgehead atoms. The van der Waals surface area contributed by atoms with E-state index in [0.29, 0.717) is 34.6 Å². The highest BCUT2D eigenvalue weighted by atomic mass is 28.3. The molecule has 15 nitrogen and oxygen atoms in total. The molecule has 4 aromatic carbocycles. The highest BCUT2D eigenvalue weighted by Crippen LogP contribution is 2.46. The second-order valence-electron chi connectivity index (χ2n) is 25.6. The number of H-pyrrole nitrogens is 1. The van der Waals surface area contributed by atoms with Crippen LogP contribution < -0.4 is 27.9 Å². The van der Waals surface area contributed by atoms with Crippen LogP contribution in [0.4, 0.5) is 0 Å². The molecule has 85 heavy (non-hydrogen) atoms. The Morgan fingerprint density at radius 3 is 1.56 bits per heavy atom. The highest BCUT2D eigenvalue weighted by molar-refractivity contribution is 6.82. The molecule has 0 amide bonds. The number of carbonyl (C=O) groups is 1. The number of Topliss-reactive ketones (excluding diaryl/α,β-unsaturated/α-hetero) is 1. The Labute approximate surface area is 504 Å². The summed E-state index contributed by atoms with van der Waals surface area (Å²) >= 11 is 0. The lowest BCUT2D eigenvalue weighted by Crippen LogP contribution is -2.53. The smallest absolute Gasteiger partial charge is 0.428 e. The minimum Gasteiger partial charge on any atom is -0.428 e. The Morgan fingerprint density at radius 1 is 0.659 bits per heavy atom. The fourth-order valence-electron chi connectivity index (χ4n) is 14.1. The minimum absolute atomic E-state index is 0. The molecule has 2 aliphatic carbocycles. The summed E-state index contributed by atoms with van der Waals surface area (Å²) in [5.41, 5.74) is 11.8. The standard InChI is InChI=1S/C41H56BN3O3Si.C26H26BN5O.H4N2.H2O/c1-28(2)49(29(3)4,30(5)6)45-22-21-35-37(36(25-43-39(35)45)42-47-40(7,8)41(9,10)48-42)38(46)33-23-34(24-33)44(26-31-17-13-11-14-18-31)27-32-19-15-12-16-20-32;33-27-23-15-29-26-22(11-12-28-26)24(23)25(30-31-27)20-13-21(14-20)32(16-18-7-3-1-4-8-18)17-19-9-5-2-6-10-19;1-2;/h11-22,25,28-30,33-34H,23-24,26-27H2,1-10H3;1-12,15,20-21,31,33H,13-14,16-17H2,(H,28,29);1-2H2;1H2. The third kappa shape index (κ3) is 12.7. The van der Waals surface area contributed by atoms with Crippen LogP contribution in [0.2, 0.25) is 16.6 Å². The van der Waals surface area contributed by atoms with E-state index in [-0.39, 0.29) is 17.2 Å². The van der Waals surface area contributed by atoms with Crippen molar-refractivity contribution in [3.05, 3.63) is 192 Å². The number of nitrogens with zero attached hydrogens (tertiary/aromatic N) is 6. The number of pyridine rings is 2. The van der Waals surface area contributed by atoms with Crippen molar-refractivity contribution in [2.45, 2.75) is 161 Å². The van der Waals surface area contributed by atoms with Crippen molar-refractivity contribution >= 4 is 66.9 Å². The normalized spacial score (nSPS) is 19.6. The van der Waals surface area contributed by atoms with Gasteiger partial charge in [0.1, 0.15) is 11.3 Å². The van der Waals surface area contributed by atoms with Crippen molar-refractivity contribution in [1.82, 2.24) is 34.3 Å². The van der Waals surface area contributed by atoms with Gasteiger partial charge in [-0.15, -0.1) is 0 Å². The summed E-state index contributed by atoms with van der Waals surface area (Å²) in [5.74, 6) is 8.47. The molecule has 6 heterocycles. The Hall–Kier alpha value is -6.57. The first-order valence-corrected chi connectivity index (χ1v) is 32.5. The van der Waals surface area contributed by atoms with E-state index in [1.807, 2.05) is 18.5 Å². The first-order chi connectivity index (χ1) is 40.4. The predicted molar refractivity (Wildman–Crippen MR) is 349 cm³/mol. The van der Waals surface area contributed by atoms with Crippen molar-refractivity contribution in [2.75, 3.05) is 0 Å². The predicted octanol–water partition coefficient (Wildman–Crippen LogP) is 10.1. The van der Waals surface area contributed by atoms with Gasteiger partial charge in [-0.3, -0.25) is 26.3 Å². The van der Waals surface area contributed by atoms with Crippen LogP contribution in [-0.2, 0) is 35.5 Å². The molecule has 12 rings (SSSR count). The molecule has 18 heteroatoms. The fourth-order valence-corrected chi connectivity index (χ4v) is 20.6. The number of ketones is 1. The lowest BCUT2D eigenvalue weighted by atomic mass is 9.66. The molecule has 0 atom stereocenters. The second-order valence-corrected chi connectivity index (χ2v) is 31.3. The molecule has 0 unspecified atom stereocenters. The molecule has 8 aromatic rings. The Balaban J connectivity index is 0.000000209. The number of aromatic amines is 1. The number of fused-ring (bicyclic) bond motifs is 4. The third-order valence-corrected chi connectivity index (χ3v) is 25.8. The van der Waals surface area contributed by atoms with Crippen LogP contribution in [-0.4, -0.2) is 96.7 Å². The van der Waals surface area contributed by atoms with Gasteiger partial charge in [0.2, 0.25) is 0 Å². The largest absolute Gasteiger partial charge is 0.497 e. The molecule has 0 spiro atoms. The van der Waals surface area contributed by atoms with Gasteiger partial charge >= 0.3 is 14.2 Å². The Morgan fingerprint density at radius 2 is 1.11 bits per heavy atom. The quantitative estimate of drug-likeness (QED) is 0.0236. The van der Waals surface area contributed by atoms with Gasteiger partial charge in [-0.2, -0.15) is 5.10 Å². The lowest BCUT2D eigenvalue weighted by molar-refractivity contribution is 0.00578. The topological polar surface area (TPSA) is 217 Å². The molecule has 0 radical (unpaired) electrons. The van der Waals surface area contributed by atoms with Crippen molar-refractivity contribution in [3.63, 3.8) is 0 Å². The average Bonchev–Trinajstić information content (AvgIpc) is 1.72. The van der Waals surface area contributed by atoms with Gasteiger partial charge in [0.15, 0.2) is 14.0 Å². The number of aromatic nitrogens is 4. The Bertz CT molecular complexity index is 3400. The van der Waals surface area contributed by atoms with E-state index in [4.69, 9.17) is 14.3 Å². The van der Waals surface area contributed by atoms with Crippen molar-refractivity contribution in [3.8, 4) is 0 Å². The van der Waals surface area contributed by atoms with Crippen LogP contribution in [0.25, 0.3) is 22.1 Å². The van der Waals surface area contributed by atoms with Gasteiger partial charge in [0.05, 0.1) is 16.9 Å². The van der Waals surface area contributed by atoms with Gasteiger partial charge in [0.25, 0.3) is 0 Å². The van der Waals surface area contributed by atoms with Crippen LogP contribution in [0.3, 0.4) is 0 Å². The number of hydrazine groups is 1. The number of carbonyl (C=O) groups excluding carboxylic acids is 1. The van der Waals surface area contributed by atoms with Crippen LogP contribution in [0.1, 0.15) is 133 Å². The maximum Gasteiger partial charge on any atom is 0.497 e. The van der Waals surface area contributed by atoms with E-state index >= 15 is 0 Å². The summed E-state index contributed by atoms with van der Waals surface area (Å²) in [7, 11) is -3.59. The average molecular weight is 1160 g/mol. The van der Waals surface area contributed by atoms with Crippen LogP contribution in [0.15, 0.2) is 163 Å². The summed E-state index contributed by atoms with van der Waals surface area (Å²) in [6.45, 7) is 26.0. The summed E-state index contributed by atoms with van der Waals surface area (Å²) in [5, 5.41) is 19.9. The van der Waals surface area contributed by atoms with Crippen LogP contribution in [0, 0.1) is 11.8 Å². The number of hydrogen-bond donors (Lipinski definition) is 5. The molecule has 9 N–H and O–H groups in total. The Kier molecular flexibility index (Phi) is 19.7. The van der Waals surface area contributed by atoms with Gasteiger partial charge in [-0.05, 0) is 111 Å². The molecule has 2 saturated carbocycles. The summed E-state index contributed by atoms with van der Waals surface area (Å²) in [6, 6.07) is 47.8. The van der Waals surface area contributed by atoms with Crippen molar-refractivity contribution in [1.29, 1.82) is 0 Å². The van der Waals surface area contributed by atoms with E-state index in [9.17, 15) is 9.82 Å². The zero-order chi connectivity index (χ0) is 59.5. The number of benzene rings is 4. The van der Waals surface area contributed by atoms with Gasteiger partial charge < -0.3 is 34.4 Å². The SMILES string of the molecule is CC(C)[Si](C(C)C)(C(C)C)n1ccc2c(C(=O)C3CC(N(Cc4ccccc4)Cc4ccccc4)C3)c(B3OC(C)(C)C(C)(C)O3)cnc21.NN.O.OB1NN=C(C2CC(N(Cc3ccccc3)Cc3ccccc3)C2)c2c1cnc1[nH]ccc21. The van der Waals surface area contributed by atoms with Crippen molar-refractivity contribution < 1.29 is 24.6 Å². The van der Waals surface area contributed by atoms with Gasteiger partial charge in [0, 0.05) is 102 Å². The number of hydrazone groups is 1. The maximum absolute atomic E-state index is 14.9. The number of rotatable bonds is 18. The second kappa shape index (κ2) is 26.6. The first-order valence-electron chi connectivity index (χ1n) is 30.3. The zero-order valence-electron chi connectivity index (χ0n) is 51.4. The molecular weight excluding hydrogens is 1070 g/mol. The third-order valence-electron chi connectivity index (χ3n) is 19.1. The van der Waals surface area contributed by atoms with E-state index in [1.54, 1.807) is 6.20 Å². The molecular formula is C67H88B2N10O5Si. The monoisotopic (exact) mass is 1160 g/mol. The maximum atomic E-state index is 14.9. The highest BCUT2D eigenvalue weighted by Gasteiger charge is 2.54. The van der Waals surface area contributed by atoms with Crippen LogP contribution in [0.5, 0.6) is 0 Å². The minimum atomic E-state index is -2.12.